The molecule has 2 fully saturated rings. The number of nitrogens with zero attached hydrogens (tertiary/aromatic N) is 2. The quantitative estimate of drug-likeness (QED) is 0.811. The van der Waals surface area contributed by atoms with Gasteiger partial charge in [-0.25, -0.2) is 0 Å². The highest BCUT2D eigenvalue weighted by atomic mass is 16.2. The zero-order chi connectivity index (χ0) is 13.3. The first kappa shape index (κ1) is 12.7. The minimum absolute atomic E-state index is 0.0404. The van der Waals surface area contributed by atoms with E-state index in [-0.39, 0.29) is 5.41 Å². The molecule has 1 aromatic carbocycles. The van der Waals surface area contributed by atoms with Crippen LogP contribution in [0.2, 0.25) is 0 Å². The molecule has 3 rings (SSSR count). The van der Waals surface area contributed by atoms with E-state index in [1.165, 1.54) is 5.56 Å². The van der Waals surface area contributed by atoms with Gasteiger partial charge in [-0.3, -0.25) is 4.79 Å². The SMILES string of the molecule is CN1CCC2(CC1)CCN(Cc1ccccc1)C2=O. The van der Waals surface area contributed by atoms with E-state index in [2.05, 4.69) is 29.0 Å². The Kier molecular flexibility index (Phi) is 3.31. The molecular weight excluding hydrogens is 236 g/mol. The van der Waals surface area contributed by atoms with Crippen molar-refractivity contribution in [2.75, 3.05) is 26.7 Å². The summed E-state index contributed by atoms with van der Waals surface area (Å²) < 4.78 is 0. The molecule has 0 bridgehead atoms. The van der Waals surface area contributed by atoms with Crippen molar-refractivity contribution in [1.82, 2.24) is 9.80 Å². The molecule has 0 atom stereocenters. The number of carbonyl (C=O) groups excluding carboxylic acids is 1. The fraction of sp³-hybridized carbons (Fsp3) is 0.562. The third kappa shape index (κ3) is 2.39. The highest BCUT2D eigenvalue weighted by Gasteiger charge is 2.47. The van der Waals surface area contributed by atoms with Crippen LogP contribution >= 0.6 is 0 Å². The van der Waals surface area contributed by atoms with Gasteiger partial charge in [0.15, 0.2) is 0 Å². The van der Waals surface area contributed by atoms with Crippen LogP contribution in [0.1, 0.15) is 24.8 Å². The van der Waals surface area contributed by atoms with E-state index in [1.54, 1.807) is 0 Å². The molecule has 1 spiro atoms. The van der Waals surface area contributed by atoms with Gasteiger partial charge < -0.3 is 9.80 Å². The first-order valence-corrected chi connectivity index (χ1v) is 7.21. The van der Waals surface area contributed by atoms with Gasteiger partial charge in [-0.1, -0.05) is 30.3 Å². The van der Waals surface area contributed by atoms with Crippen molar-refractivity contribution in [1.29, 1.82) is 0 Å². The summed E-state index contributed by atoms with van der Waals surface area (Å²) in [4.78, 5) is 17.1. The van der Waals surface area contributed by atoms with E-state index in [1.807, 2.05) is 18.2 Å². The van der Waals surface area contributed by atoms with Crippen LogP contribution in [0.3, 0.4) is 0 Å². The van der Waals surface area contributed by atoms with E-state index < -0.39 is 0 Å². The summed E-state index contributed by atoms with van der Waals surface area (Å²) in [7, 11) is 2.15. The second-order valence-electron chi connectivity index (χ2n) is 6.05. The molecule has 1 aromatic rings. The molecule has 0 unspecified atom stereocenters. The number of likely N-dealkylation sites (tertiary alicyclic amines) is 2. The number of rotatable bonds is 2. The van der Waals surface area contributed by atoms with Crippen molar-refractivity contribution in [3.63, 3.8) is 0 Å². The molecule has 3 nitrogen and oxygen atoms in total. The van der Waals surface area contributed by atoms with Crippen molar-refractivity contribution in [3.05, 3.63) is 35.9 Å². The third-order valence-corrected chi connectivity index (χ3v) is 4.76. The maximum Gasteiger partial charge on any atom is 0.229 e. The van der Waals surface area contributed by atoms with Gasteiger partial charge >= 0.3 is 0 Å². The summed E-state index contributed by atoms with van der Waals surface area (Å²) in [6, 6.07) is 10.3. The number of piperidine rings is 1. The molecule has 19 heavy (non-hydrogen) atoms. The number of benzene rings is 1. The lowest BCUT2D eigenvalue weighted by molar-refractivity contribution is -0.138. The Morgan fingerprint density at radius 3 is 2.37 bits per heavy atom. The van der Waals surface area contributed by atoms with Crippen LogP contribution in [0, 0.1) is 5.41 Å². The first-order chi connectivity index (χ1) is 9.20. The standard InChI is InChI=1S/C16H22N2O/c1-17-10-7-16(8-11-17)9-12-18(15(16)19)13-14-5-3-2-4-6-14/h2-6H,7-13H2,1H3. The molecule has 102 valence electrons. The smallest absolute Gasteiger partial charge is 0.229 e. The number of hydrogen-bond donors (Lipinski definition) is 0. The Balaban J connectivity index is 1.69. The Hall–Kier alpha value is -1.35. The van der Waals surface area contributed by atoms with Gasteiger partial charge in [0, 0.05) is 13.1 Å². The van der Waals surface area contributed by atoms with Crippen LogP contribution in [0.15, 0.2) is 30.3 Å². The van der Waals surface area contributed by atoms with Gasteiger partial charge in [-0.15, -0.1) is 0 Å². The van der Waals surface area contributed by atoms with E-state index in [0.717, 1.165) is 45.4 Å². The molecule has 0 aromatic heterocycles. The van der Waals surface area contributed by atoms with Crippen molar-refractivity contribution < 1.29 is 4.79 Å². The van der Waals surface area contributed by atoms with Crippen LogP contribution in [0.25, 0.3) is 0 Å². The minimum Gasteiger partial charge on any atom is -0.338 e. The summed E-state index contributed by atoms with van der Waals surface area (Å²) in [5.74, 6) is 0.393. The number of amides is 1. The normalized spacial score (nSPS) is 23.2. The van der Waals surface area contributed by atoms with Crippen molar-refractivity contribution in [3.8, 4) is 0 Å². The molecule has 2 aliphatic heterocycles. The summed E-state index contributed by atoms with van der Waals surface area (Å²) in [5, 5.41) is 0. The zero-order valence-corrected chi connectivity index (χ0v) is 11.6. The number of carbonyl (C=O) groups is 1. The maximum atomic E-state index is 12.7. The summed E-state index contributed by atoms with van der Waals surface area (Å²) in [6.07, 6.45) is 3.12. The largest absolute Gasteiger partial charge is 0.338 e. The molecule has 2 aliphatic rings. The van der Waals surface area contributed by atoms with Crippen LogP contribution in [-0.2, 0) is 11.3 Å². The minimum atomic E-state index is -0.0404. The highest BCUT2D eigenvalue weighted by Crippen LogP contribution is 2.41. The predicted molar refractivity (Wildman–Crippen MR) is 75.6 cm³/mol. The fourth-order valence-corrected chi connectivity index (χ4v) is 3.36. The van der Waals surface area contributed by atoms with Gasteiger partial charge in [-0.05, 0) is 45.0 Å². The van der Waals surface area contributed by atoms with Crippen molar-refractivity contribution in [2.45, 2.75) is 25.8 Å². The van der Waals surface area contributed by atoms with Crippen molar-refractivity contribution >= 4 is 5.91 Å². The van der Waals surface area contributed by atoms with Gasteiger partial charge in [0.25, 0.3) is 0 Å². The van der Waals surface area contributed by atoms with Gasteiger partial charge in [0.1, 0.15) is 0 Å². The van der Waals surface area contributed by atoms with E-state index in [9.17, 15) is 4.79 Å². The average Bonchev–Trinajstić information content (AvgIpc) is 2.73. The molecule has 0 radical (unpaired) electrons. The van der Waals surface area contributed by atoms with Gasteiger partial charge in [0.05, 0.1) is 5.41 Å². The Morgan fingerprint density at radius 2 is 1.68 bits per heavy atom. The molecule has 3 heteroatoms. The molecule has 0 N–H and O–H groups in total. The van der Waals surface area contributed by atoms with Crippen molar-refractivity contribution in [2.24, 2.45) is 5.41 Å². The lowest BCUT2D eigenvalue weighted by Crippen LogP contribution is -2.43. The average molecular weight is 258 g/mol. The van der Waals surface area contributed by atoms with Gasteiger partial charge in [-0.2, -0.15) is 0 Å². The maximum absolute atomic E-state index is 12.7. The second-order valence-corrected chi connectivity index (χ2v) is 6.05. The van der Waals surface area contributed by atoms with E-state index >= 15 is 0 Å². The molecule has 0 saturated carbocycles. The lowest BCUT2D eigenvalue weighted by Gasteiger charge is -2.36. The predicted octanol–water partition coefficient (Wildman–Crippen LogP) is 2.13. The highest BCUT2D eigenvalue weighted by molar-refractivity contribution is 5.85. The Labute approximate surface area is 115 Å². The molecule has 1 amide bonds. The summed E-state index contributed by atoms with van der Waals surface area (Å²) in [6.45, 7) is 3.82. The number of hydrogen-bond acceptors (Lipinski definition) is 2. The lowest BCUT2D eigenvalue weighted by atomic mass is 9.77. The topological polar surface area (TPSA) is 23.6 Å². The Morgan fingerprint density at radius 1 is 1.05 bits per heavy atom. The Bertz CT molecular complexity index is 449. The summed E-state index contributed by atoms with van der Waals surface area (Å²) in [5.41, 5.74) is 1.20. The first-order valence-electron chi connectivity index (χ1n) is 7.21. The van der Waals surface area contributed by atoms with Crippen LogP contribution in [0.4, 0.5) is 0 Å². The third-order valence-electron chi connectivity index (χ3n) is 4.76. The van der Waals surface area contributed by atoms with Crippen LogP contribution in [0.5, 0.6) is 0 Å². The molecule has 2 saturated heterocycles. The summed E-state index contributed by atoms with van der Waals surface area (Å²) >= 11 is 0. The monoisotopic (exact) mass is 258 g/mol. The molecule has 2 heterocycles. The zero-order valence-electron chi connectivity index (χ0n) is 11.6. The fourth-order valence-electron chi connectivity index (χ4n) is 3.36. The van der Waals surface area contributed by atoms with E-state index in [0.29, 0.717) is 5.91 Å². The van der Waals surface area contributed by atoms with Crippen LogP contribution < -0.4 is 0 Å². The van der Waals surface area contributed by atoms with E-state index in [4.69, 9.17) is 0 Å². The second kappa shape index (κ2) is 4.97. The van der Waals surface area contributed by atoms with Crippen LogP contribution in [-0.4, -0.2) is 42.4 Å². The van der Waals surface area contributed by atoms with Gasteiger partial charge in [0.2, 0.25) is 5.91 Å². The molecular formula is C16H22N2O. The molecule has 0 aliphatic carbocycles.